The molecule has 1 saturated carbocycles. The van der Waals surface area contributed by atoms with Crippen LogP contribution in [0.5, 0.6) is 0 Å². The highest BCUT2D eigenvalue weighted by Crippen LogP contribution is 2.52. The number of nitrogens with zero attached hydrogens (tertiary/aromatic N) is 1. The predicted octanol–water partition coefficient (Wildman–Crippen LogP) is 13.4. The molecule has 0 amide bonds. The molecule has 286 valence electrons. The van der Waals surface area contributed by atoms with Crippen molar-refractivity contribution in [1.29, 1.82) is 0 Å². The molecule has 58 heavy (non-hydrogen) atoms. The Morgan fingerprint density at radius 1 is 0.655 bits per heavy atom. The van der Waals surface area contributed by atoms with E-state index in [1.54, 1.807) is 0 Å². The van der Waals surface area contributed by atoms with E-state index in [9.17, 15) is 0 Å². The summed E-state index contributed by atoms with van der Waals surface area (Å²) in [6.07, 6.45) is 40.7. The van der Waals surface area contributed by atoms with E-state index in [1.807, 2.05) is 6.08 Å². The zero-order valence-electron chi connectivity index (χ0n) is 33.6. The third-order valence-corrected chi connectivity index (χ3v) is 13.3. The Bertz CT molecular complexity index is 2610. The summed E-state index contributed by atoms with van der Waals surface area (Å²) in [6, 6.07) is 36.4. The van der Waals surface area contributed by atoms with Crippen LogP contribution in [0.15, 0.2) is 205 Å². The van der Waals surface area contributed by atoms with Crippen LogP contribution in [0.2, 0.25) is 0 Å². The Kier molecular flexibility index (Phi) is 10.1. The molecule has 0 heterocycles. The summed E-state index contributed by atoms with van der Waals surface area (Å²) in [5, 5.41) is 2.80. The van der Waals surface area contributed by atoms with Crippen LogP contribution in [0.1, 0.15) is 69.3 Å². The maximum atomic E-state index is 3.93. The predicted molar refractivity (Wildman–Crippen MR) is 246 cm³/mol. The van der Waals surface area contributed by atoms with Crippen molar-refractivity contribution in [3.8, 4) is 22.3 Å². The molecule has 4 aromatic rings. The van der Waals surface area contributed by atoms with Crippen LogP contribution in [0.25, 0.3) is 33.9 Å². The minimum Gasteiger partial charge on any atom is -0.315 e. The van der Waals surface area contributed by atoms with E-state index in [2.05, 4.69) is 181 Å². The fourth-order valence-corrected chi connectivity index (χ4v) is 10.2. The van der Waals surface area contributed by atoms with Crippen molar-refractivity contribution >= 4 is 17.3 Å². The van der Waals surface area contributed by atoms with Gasteiger partial charge in [-0.05, 0) is 154 Å². The Hall–Kier alpha value is -5.92. The fourth-order valence-electron chi connectivity index (χ4n) is 10.2. The van der Waals surface area contributed by atoms with Crippen molar-refractivity contribution in [2.75, 3.05) is 4.90 Å². The molecular weight excluding hydrogens is 699 g/mol. The second-order valence-electron chi connectivity index (χ2n) is 16.9. The molecule has 10 rings (SSSR count). The lowest BCUT2D eigenvalue weighted by Gasteiger charge is -2.34. The lowest BCUT2D eigenvalue weighted by atomic mass is 9.82. The summed E-state index contributed by atoms with van der Waals surface area (Å²) in [5.41, 5.74) is 16.3. The molecular formula is C57H53N. The van der Waals surface area contributed by atoms with Gasteiger partial charge in [-0.3, -0.25) is 0 Å². The average Bonchev–Trinajstić information content (AvgIpc) is 4.09. The van der Waals surface area contributed by atoms with Gasteiger partial charge in [-0.15, -0.1) is 0 Å². The fraction of sp³-hybridized carbons (Fsp3) is 0.228. The van der Waals surface area contributed by atoms with E-state index < -0.39 is 0 Å². The van der Waals surface area contributed by atoms with Crippen molar-refractivity contribution in [2.45, 2.75) is 63.7 Å². The first-order valence-electron chi connectivity index (χ1n) is 21.7. The first kappa shape index (κ1) is 36.4. The Morgan fingerprint density at radius 3 is 2.29 bits per heavy atom. The van der Waals surface area contributed by atoms with Gasteiger partial charge < -0.3 is 4.90 Å². The quantitative estimate of drug-likeness (QED) is 0.115. The molecule has 4 atom stereocenters. The van der Waals surface area contributed by atoms with Crippen molar-refractivity contribution in [3.63, 3.8) is 0 Å². The van der Waals surface area contributed by atoms with Crippen LogP contribution in [0, 0.1) is 17.8 Å². The third-order valence-electron chi connectivity index (χ3n) is 13.3. The molecule has 3 unspecified atom stereocenters. The summed E-state index contributed by atoms with van der Waals surface area (Å²) in [7, 11) is 0. The minimum absolute atomic E-state index is 0.364. The van der Waals surface area contributed by atoms with Gasteiger partial charge in [0.1, 0.15) is 0 Å². The molecule has 6 aliphatic rings. The summed E-state index contributed by atoms with van der Waals surface area (Å²) in [6.45, 7) is 3.93. The molecule has 0 spiro atoms. The SMILES string of the molecule is C=C/C=C\C1=CCCC=C1C1C=CC(N(C2=CC=C(C3=c4ccccc4=CCC3)CC2)c2ccc(C3C=CC4C[C@H]4C3)c(-c3ccc(-c4ccccc4)cc3)c2)=CC1. The van der Waals surface area contributed by atoms with E-state index >= 15 is 0 Å². The summed E-state index contributed by atoms with van der Waals surface area (Å²) in [4.78, 5) is 2.58. The maximum absolute atomic E-state index is 3.93. The van der Waals surface area contributed by atoms with Crippen LogP contribution in [-0.4, -0.2) is 0 Å². The first-order chi connectivity index (χ1) is 28.7. The molecule has 0 bridgehead atoms. The summed E-state index contributed by atoms with van der Waals surface area (Å²) >= 11 is 0. The van der Waals surface area contributed by atoms with Crippen LogP contribution in [0.3, 0.4) is 0 Å². The number of allylic oxidation sites excluding steroid dienone is 16. The maximum Gasteiger partial charge on any atom is 0.0464 e. The summed E-state index contributed by atoms with van der Waals surface area (Å²) < 4.78 is 0. The van der Waals surface area contributed by atoms with Gasteiger partial charge in [0, 0.05) is 28.9 Å². The average molecular weight is 752 g/mol. The highest BCUT2D eigenvalue weighted by atomic mass is 15.2. The molecule has 1 fully saturated rings. The Labute approximate surface area is 345 Å². The number of benzene rings is 4. The lowest BCUT2D eigenvalue weighted by Crippen LogP contribution is -2.30. The van der Waals surface area contributed by atoms with Gasteiger partial charge in [-0.25, -0.2) is 0 Å². The van der Waals surface area contributed by atoms with Gasteiger partial charge in [0.2, 0.25) is 0 Å². The molecule has 4 aromatic carbocycles. The van der Waals surface area contributed by atoms with Gasteiger partial charge in [0.15, 0.2) is 0 Å². The topological polar surface area (TPSA) is 3.24 Å². The zero-order chi connectivity index (χ0) is 38.8. The summed E-state index contributed by atoms with van der Waals surface area (Å²) in [5.74, 6) is 2.45. The molecule has 1 heteroatoms. The third kappa shape index (κ3) is 7.35. The van der Waals surface area contributed by atoms with Crippen molar-refractivity contribution in [1.82, 2.24) is 0 Å². The molecule has 0 aliphatic heterocycles. The smallest absolute Gasteiger partial charge is 0.0464 e. The lowest BCUT2D eigenvalue weighted by molar-refractivity contribution is 0.616. The van der Waals surface area contributed by atoms with Gasteiger partial charge in [0.25, 0.3) is 0 Å². The van der Waals surface area contributed by atoms with Gasteiger partial charge in [0.05, 0.1) is 0 Å². The Balaban J connectivity index is 1.05. The molecule has 1 nitrogen and oxygen atoms in total. The number of anilines is 1. The van der Waals surface area contributed by atoms with Crippen LogP contribution < -0.4 is 15.3 Å². The van der Waals surface area contributed by atoms with Crippen LogP contribution >= 0.6 is 0 Å². The van der Waals surface area contributed by atoms with Gasteiger partial charge in [-0.1, -0.05) is 158 Å². The molecule has 0 N–H and O–H groups in total. The largest absolute Gasteiger partial charge is 0.315 e. The van der Waals surface area contributed by atoms with Gasteiger partial charge in [-0.2, -0.15) is 0 Å². The standard InChI is InChI=1S/C57H53N/c1-2-3-12-42-15-7-9-18-53(42)44-27-31-50(32-28-44)58(51-33-29-45(30-34-51)55-20-11-17-43-16-8-10-19-54(43)55)52-35-36-56(48-26-25-47-37-49(47)38-48)57(39-52)46-23-21-41(22-24-46)40-13-5-4-6-14-40/h2-6,8,10,12-19,21-27,29,31-33,35-36,39,44,47-49H,1,7,9,11,20,28,30,34,37-38H2/b12-3-/t44?,47?,48?,49-/m0/s1. The highest BCUT2D eigenvalue weighted by molar-refractivity contribution is 5.78. The van der Waals surface area contributed by atoms with E-state index in [0.717, 1.165) is 56.8 Å². The van der Waals surface area contributed by atoms with Crippen LogP contribution in [-0.2, 0) is 0 Å². The minimum atomic E-state index is 0.364. The molecule has 6 aliphatic carbocycles. The number of hydrogen-bond donors (Lipinski definition) is 0. The molecule has 0 aromatic heterocycles. The Morgan fingerprint density at radius 2 is 1.48 bits per heavy atom. The normalized spacial score (nSPS) is 23.4. The number of fused-ring (bicyclic) bond motifs is 2. The van der Waals surface area contributed by atoms with Crippen molar-refractivity contribution in [3.05, 3.63) is 221 Å². The second-order valence-corrected chi connectivity index (χ2v) is 16.9. The first-order valence-corrected chi connectivity index (χ1v) is 21.7. The van der Waals surface area contributed by atoms with Crippen molar-refractivity contribution < 1.29 is 0 Å². The van der Waals surface area contributed by atoms with E-state index in [-0.39, 0.29) is 0 Å². The van der Waals surface area contributed by atoms with Gasteiger partial charge >= 0.3 is 0 Å². The highest BCUT2D eigenvalue weighted by Gasteiger charge is 2.39. The van der Waals surface area contributed by atoms with E-state index in [1.165, 1.54) is 90.5 Å². The molecule has 0 saturated heterocycles. The molecule has 0 radical (unpaired) electrons. The van der Waals surface area contributed by atoms with Crippen molar-refractivity contribution in [2.24, 2.45) is 17.8 Å². The van der Waals surface area contributed by atoms with Crippen LogP contribution in [0.4, 0.5) is 5.69 Å². The van der Waals surface area contributed by atoms with E-state index in [4.69, 9.17) is 0 Å². The monoisotopic (exact) mass is 751 g/mol. The van der Waals surface area contributed by atoms with E-state index in [0.29, 0.717) is 11.8 Å². The second kappa shape index (κ2) is 16.1. The number of hydrogen-bond acceptors (Lipinski definition) is 1. The number of rotatable bonds is 10. The zero-order valence-corrected chi connectivity index (χ0v) is 33.6.